The molecule has 1 aromatic carbocycles. The minimum Gasteiger partial charge on any atom is -0.399 e. The number of likely N-dealkylation sites (N-methyl/N-ethyl adjacent to an activating group) is 1. The molecule has 0 unspecified atom stereocenters. The lowest BCUT2D eigenvalue weighted by Crippen LogP contribution is -2.22. The fourth-order valence-electron chi connectivity index (χ4n) is 1.41. The summed E-state index contributed by atoms with van der Waals surface area (Å²) >= 11 is 0. The van der Waals surface area contributed by atoms with Gasteiger partial charge in [-0.3, -0.25) is 0 Å². The first-order valence-electron chi connectivity index (χ1n) is 5.88. The molecule has 90 valence electrons. The maximum Gasteiger partial charge on any atom is 0.0641 e. The van der Waals surface area contributed by atoms with Gasteiger partial charge in [-0.25, -0.2) is 0 Å². The lowest BCUT2D eigenvalue weighted by Gasteiger charge is -2.19. The van der Waals surface area contributed by atoms with Gasteiger partial charge in [0, 0.05) is 31.6 Å². The Morgan fingerprint density at radius 1 is 1.19 bits per heavy atom. The first-order valence-corrected chi connectivity index (χ1v) is 5.88. The third-order valence-electron chi connectivity index (χ3n) is 2.55. The van der Waals surface area contributed by atoms with E-state index in [1.807, 2.05) is 24.3 Å². The summed E-state index contributed by atoms with van der Waals surface area (Å²) in [6.45, 7) is 4.73. The molecule has 1 rings (SSSR count). The molecular formula is C13H22N2O. The summed E-state index contributed by atoms with van der Waals surface area (Å²) in [4.78, 5) is 2.17. The number of unbranched alkanes of at least 4 members (excludes halogenated alkanes) is 1. The zero-order chi connectivity index (χ0) is 11.8. The second-order valence-corrected chi connectivity index (χ2v) is 3.98. The van der Waals surface area contributed by atoms with Crippen LogP contribution >= 0.6 is 0 Å². The second kappa shape index (κ2) is 7.12. The number of benzene rings is 1. The van der Waals surface area contributed by atoms with Gasteiger partial charge in [0.15, 0.2) is 0 Å². The van der Waals surface area contributed by atoms with Gasteiger partial charge in [-0.15, -0.1) is 0 Å². The smallest absolute Gasteiger partial charge is 0.0641 e. The molecule has 0 bridgehead atoms. The fourth-order valence-corrected chi connectivity index (χ4v) is 1.41. The van der Waals surface area contributed by atoms with Crippen LogP contribution in [0.5, 0.6) is 0 Å². The molecule has 3 nitrogen and oxygen atoms in total. The number of nitrogens with zero attached hydrogens (tertiary/aromatic N) is 1. The maximum absolute atomic E-state index is 5.64. The van der Waals surface area contributed by atoms with E-state index in [0.29, 0.717) is 0 Å². The molecule has 0 fully saturated rings. The first-order chi connectivity index (χ1) is 7.74. The third-order valence-corrected chi connectivity index (χ3v) is 2.55. The molecule has 2 N–H and O–H groups in total. The molecule has 0 saturated heterocycles. The molecule has 0 aliphatic rings. The molecule has 3 heteroatoms. The van der Waals surface area contributed by atoms with Crippen molar-refractivity contribution < 1.29 is 4.74 Å². The number of nitrogens with two attached hydrogens (primary N) is 1. The predicted molar refractivity (Wildman–Crippen MR) is 69.9 cm³/mol. The van der Waals surface area contributed by atoms with Gasteiger partial charge in [0.1, 0.15) is 0 Å². The van der Waals surface area contributed by atoms with Crippen LogP contribution in [0.1, 0.15) is 19.8 Å². The molecule has 0 saturated carbocycles. The van der Waals surface area contributed by atoms with Crippen molar-refractivity contribution in [3.63, 3.8) is 0 Å². The van der Waals surface area contributed by atoms with Crippen LogP contribution in [0.25, 0.3) is 0 Å². The van der Waals surface area contributed by atoms with Crippen LogP contribution in [0.3, 0.4) is 0 Å². The highest BCUT2D eigenvalue weighted by Gasteiger charge is 1.99. The second-order valence-electron chi connectivity index (χ2n) is 3.98. The normalized spacial score (nSPS) is 10.4. The Kier molecular flexibility index (Phi) is 5.72. The summed E-state index contributed by atoms with van der Waals surface area (Å²) in [5.74, 6) is 0. The Morgan fingerprint density at radius 2 is 1.88 bits per heavy atom. The Labute approximate surface area is 98.2 Å². The van der Waals surface area contributed by atoms with E-state index >= 15 is 0 Å². The molecule has 0 spiro atoms. The number of hydrogen-bond acceptors (Lipinski definition) is 3. The standard InChI is InChI=1S/C13H22N2O/c1-3-4-10-16-11-9-15(2)13-7-5-12(14)6-8-13/h5-8H,3-4,9-11,14H2,1-2H3. The fraction of sp³-hybridized carbons (Fsp3) is 0.538. The Bertz CT molecular complexity index is 284. The van der Waals surface area contributed by atoms with Crippen LogP contribution in [0.2, 0.25) is 0 Å². The summed E-state index contributed by atoms with van der Waals surface area (Å²) in [6, 6.07) is 7.90. The topological polar surface area (TPSA) is 38.5 Å². The van der Waals surface area contributed by atoms with Gasteiger partial charge in [-0.05, 0) is 30.7 Å². The van der Waals surface area contributed by atoms with Crippen molar-refractivity contribution >= 4 is 11.4 Å². The highest BCUT2D eigenvalue weighted by atomic mass is 16.5. The molecule has 0 aliphatic carbocycles. The molecule has 0 heterocycles. The Balaban J connectivity index is 2.24. The van der Waals surface area contributed by atoms with Crippen molar-refractivity contribution in [3.8, 4) is 0 Å². The highest BCUT2D eigenvalue weighted by Crippen LogP contribution is 2.14. The molecule has 1 aromatic rings. The molecule has 0 atom stereocenters. The summed E-state index contributed by atoms with van der Waals surface area (Å²) in [5, 5.41) is 0. The van der Waals surface area contributed by atoms with Crippen molar-refractivity contribution in [2.75, 3.05) is 37.4 Å². The SMILES string of the molecule is CCCCOCCN(C)c1ccc(N)cc1. The van der Waals surface area contributed by atoms with Gasteiger partial charge in [0.05, 0.1) is 6.61 Å². The summed E-state index contributed by atoms with van der Waals surface area (Å²) in [5.41, 5.74) is 7.62. The number of anilines is 2. The van der Waals surface area contributed by atoms with Crippen molar-refractivity contribution in [1.29, 1.82) is 0 Å². The lowest BCUT2D eigenvalue weighted by atomic mass is 10.2. The Hall–Kier alpha value is -1.22. The zero-order valence-corrected chi connectivity index (χ0v) is 10.3. The van der Waals surface area contributed by atoms with Gasteiger partial charge in [0.2, 0.25) is 0 Å². The van der Waals surface area contributed by atoms with Crippen LogP contribution in [0.15, 0.2) is 24.3 Å². The van der Waals surface area contributed by atoms with Gasteiger partial charge in [-0.1, -0.05) is 13.3 Å². The summed E-state index contributed by atoms with van der Waals surface area (Å²) in [7, 11) is 2.06. The van der Waals surface area contributed by atoms with E-state index < -0.39 is 0 Å². The van der Waals surface area contributed by atoms with Crippen molar-refractivity contribution in [2.45, 2.75) is 19.8 Å². The van der Waals surface area contributed by atoms with Crippen LogP contribution in [-0.4, -0.2) is 26.8 Å². The van der Waals surface area contributed by atoms with Gasteiger partial charge < -0.3 is 15.4 Å². The monoisotopic (exact) mass is 222 g/mol. The minimum absolute atomic E-state index is 0.779. The quantitative estimate of drug-likeness (QED) is 0.569. The van der Waals surface area contributed by atoms with Gasteiger partial charge >= 0.3 is 0 Å². The highest BCUT2D eigenvalue weighted by molar-refractivity contribution is 5.52. The van der Waals surface area contributed by atoms with E-state index in [1.165, 1.54) is 12.1 Å². The van der Waals surface area contributed by atoms with E-state index in [1.54, 1.807) is 0 Å². The van der Waals surface area contributed by atoms with Crippen molar-refractivity contribution in [2.24, 2.45) is 0 Å². The molecule has 0 aliphatic heterocycles. The van der Waals surface area contributed by atoms with Crippen molar-refractivity contribution in [3.05, 3.63) is 24.3 Å². The summed E-state index contributed by atoms with van der Waals surface area (Å²) in [6.07, 6.45) is 2.33. The first kappa shape index (κ1) is 12.8. The molecular weight excluding hydrogens is 200 g/mol. The third kappa shape index (κ3) is 4.53. The van der Waals surface area contributed by atoms with E-state index in [4.69, 9.17) is 10.5 Å². The Morgan fingerprint density at radius 3 is 2.50 bits per heavy atom. The zero-order valence-electron chi connectivity index (χ0n) is 10.3. The molecule has 16 heavy (non-hydrogen) atoms. The van der Waals surface area contributed by atoms with E-state index in [2.05, 4.69) is 18.9 Å². The lowest BCUT2D eigenvalue weighted by molar-refractivity contribution is 0.138. The number of nitrogen functional groups attached to an aromatic ring is 1. The van der Waals surface area contributed by atoms with Crippen molar-refractivity contribution in [1.82, 2.24) is 0 Å². The maximum atomic E-state index is 5.64. The average Bonchev–Trinajstić information content (AvgIpc) is 2.29. The van der Waals surface area contributed by atoms with Gasteiger partial charge in [0.25, 0.3) is 0 Å². The van der Waals surface area contributed by atoms with Crippen LogP contribution in [-0.2, 0) is 4.74 Å². The van der Waals surface area contributed by atoms with Crippen LogP contribution < -0.4 is 10.6 Å². The van der Waals surface area contributed by atoms with E-state index in [9.17, 15) is 0 Å². The largest absolute Gasteiger partial charge is 0.399 e. The molecule has 0 aromatic heterocycles. The number of hydrogen-bond donors (Lipinski definition) is 1. The van der Waals surface area contributed by atoms with E-state index in [-0.39, 0.29) is 0 Å². The molecule has 0 amide bonds. The minimum atomic E-state index is 0.779. The average molecular weight is 222 g/mol. The summed E-state index contributed by atoms with van der Waals surface area (Å²) < 4.78 is 5.52. The number of ether oxygens (including phenoxy) is 1. The van der Waals surface area contributed by atoms with Gasteiger partial charge in [-0.2, -0.15) is 0 Å². The molecule has 0 radical (unpaired) electrons. The van der Waals surface area contributed by atoms with E-state index in [0.717, 1.165) is 31.9 Å². The number of rotatable bonds is 7. The predicted octanol–water partition coefficient (Wildman–Crippen LogP) is 2.52. The van der Waals surface area contributed by atoms with Crippen LogP contribution in [0, 0.1) is 0 Å². The van der Waals surface area contributed by atoms with Crippen LogP contribution in [0.4, 0.5) is 11.4 Å².